The van der Waals surface area contributed by atoms with Gasteiger partial charge in [0.05, 0.1) is 23.8 Å². The molecule has 1 atom stereocenters. The number of nitrogens with zero attached hydrogens (tertiary/aromatic N) is 2. The molecule has 0 spiro atoms. The number of nitrogens with two attached hydrogens (primary N) is 1. The molecule has 146 valence electrons. The van der Waals surface area contributed by atoms with Crippen LogP contribution in [-0.4, -0.2) is 16.8 Å². The molecule has 4 rings (SSSR count). The van der Waals surface area contributed by atoms with Gasteiger partial charge in [-0.05, 0) is 48.4 Å². The molecule has 7 heteroatoms. The van der Waals surface area contributed by atoms with Gasteiger partial charge in [0.1, 0.15) is 17.4 Å². The number of H-pyrrole nitrogens is 1. The second kappa shape index (κ2) is 8.02. The highest BCUT2D eigenvalue weighted by Crippen LogP contribution is 2.45. The van der Waals surface area contributed by atoms with Gasteiger partial charge in [0.15, 0.2) is 0 Å². The van der Waals surface area contributed by atoms with E-state index in [0.717, 1.165) is 39.0 Å². The van der Waals surface area contributed by atoms with Gasteiger partial charge in [-0.25, -0.2) is 0 Å². The normalized spacial score (nSPS) is 15.4. The maximum absolute atomic E-state index is 9.77. The molecular formula is C22H19BrN4O2. The molecule has 1 unspecified atom stereocenters. The van der Waals surface area contributed by atoms with Crippen LogP contribution in [0, 0.1) is 11.3 Å². The molecule has 2 aromatic carbocycles. The first-order valence-electron chi connectivity index (χ1n) is 9.27. The van der Waals surface area contributed by atoms with Crippen LogP contribution in [0.2, 0.25) is 0 Å². The summed E-state index contributed by atoms with van der Waals surface area (Å²) >= 11 is 3.46. The lowest BCUT2D eigenvalue weighted by atomic mass is 9.83. The Morgan fingerprint density at radius 2 is 1.93 bits per heavy atom. The zero-order valence-electron chi connectivity index (χ0n) is 15.8. The lowest BCUT2D eigenvalue weighted by Gasteiger charge is -2.24. The number of benzene rings is 2. The summed E-state index contributed by atoms with van der Waals surface area (Å²) in [5.41, 5.74) is 9.83. The molecule has 1 aliphatic heterocycles. The molecule has 6 nitrogen and oxygen atoms in total. The number of hydrogen-bond acceptors (Lipinski definition) is 5. The Balaban J connectivity index is 1.80. The maximum atomic E-state index is 9.77. The van der Waals surface area contributed by atoms with Gasteiger partial charge in [-0.15, -0.1) is 5.10 Å². The number of fused-ring (bicyclic) bond motifs is 1. The number of aromatic nitrogens is 2. The number of nitriles is 1. The van der Waals surface area contributed by atoms with Gasteiger partial charge in [-0.1, -0.05) is 35.0 Å². The van der Waals surface area contributed by atoms with Gasteiger partial charge in [0.25, 0.3) is 0 Å². The molecule has 0 radical (unpaired) electrons. The molecule has 2 heterocycles. The fraction of sp³-hybridized carbons (Fsp3) is 0.182. The molecule has 3 N–H and O–H groups in total. The molecule has 0 saturated heterocycles. The van der Waals surface area contributed by atoms with E-state index in [2.05, 4.69) is 39.1 Å². The van der Waals surface area contributed by atoms with Crippen molar-refractivity contribution in [2.45, 2.75) is 19.3 Å². The number of nitrogens with one attached hydrogen (secondary N) is 1. The van der Waals surface area contributed by atoms with Crippen LogP contribution < -0.4 is 15.2 Å². The summed E-state index contributed by atoms with van der Waals surface area (Å²) < 4.78 is 12.3. The van der Waals surface area contributed by atoms with Crippen molar-refractivity contribution in [3.8, 4) is 29.0 Å². The highest BCUT2D eigenvalue weighted by atomic mass is 79.9. The first kappa shape index (κ1) is 19.1. The van der Waals surface area contributed by atoms with Crippen LogP contribution in [-0.2, 0) is 0 Å². The molecule has 0 aliphatic carbocycles. The minimum Gasteiger partial charge on any atom is -0.494 e. The van der Waals surface area contributed by atoms with Crippen LogP contribution in [0.4, 0.5) is 0 Å². The molecule has 3 aromatic rings. The van der Waals surface area contributed by atoms with Crippen LogP contribution >= 0.6 is 15.9 Å². The van der Waals surface area contributed by atoms with Crippen molar-refractivity contribution < 1.29 is 9.47 Å². The molecular weight excluding hydrogens is 432 g/mol. The van der Waals surface area contributed by atoms with Crippen molar-refractivity contribution in [3.05, 3.63) is 75.6 Å². The second-order valence-corrected chi connectivity index (χ2v) is 7.58. The number of hydrogen-bond donors (Lipinski definition) is 2. The Morgan fingerprint density at radius 3 is 2.59 bits per heavy atom. The Labute approximate surface area is 177 Å². The molecule has 0 amide bonds. The van der Waals surface area contributed by atoms with Crippen LogP contribution in [0.25, 0.3) is 11.3 Å². The monoisotopic (exact) mass is 450 g/mol. The lowest BCUT2D eigenvalue weighted by molar-refractivity contribution is 0.317. The third-order valence-electron chi connectivity index (χ3n) is 4.76. The number of allylic oxidation sites excluding steroid dienone is 1. The summed E-state index contributed by atoms with van der Waals surface area (Å²) in [5.74, 6) is 0.901. The fourth-order valence-corrected chi connectivity index (χ4v) is 3.66. The minimum atomic E-state index is -0.374. The Morgan fingerprint density at radius 1 is 1.21 bits per heavy atom. The SMILES string of the molecule is CCCOc1ccc(-c2[nH]nc3c2C(c2ccc(Br)cc2)C(C#N)=C(N)O3)cc1. The zero-order valence-corrected chi connectivity index (χ0v) is 17.4. The van der Waals surface area contributed by atoms with Crippen molar-refractivity contribution in [1.82, 2.24) is 10.2 Å². The molecule has 0 saturated carbocycles. The van der Waals surface area contributed by atoms with Gasteiger partial charge >= 0.3 is 0 Å². The zero-order chi connectivity index (χ0) is 20.4. The van der Waals surface area contributed by atoms with E-state index in [9.17, 15) is 5.26 Å². The summed E-state index contributed by atoms with van der Waals surface area (Å²) in [7, 11) is 0. The molecule has 1 aliphatic rings. The maximum Gasteiger partial charge on any atom is 0.244 e. The van der Waals surface area contributed by atoms with Crippen molar-refractivity contribution in [3.63, 3.8) is 0 Å². The van der Waals surface area contributed by atoms with Gasteiger partial charge in [0.2, 0.25) is 11.8 Å². The predicted molar refractivity (Wildman–Crippen MR) is 113 cm³/mol. The van der Waals surface area contributed by atoms with Gasteiger partial charge in [-0.2, -0.15) is 5.26 Å². The third-order valence-corrected chi connectivity index (χ3v) is 5.29. The molecule has 0 bridgehead atoms. The highest BCUT2D eigenvalue weighted by molar-refractivity contribution is 9.10. The smallest absolute Gasteiger partial charge is 0.244 e. The van der Waals surface area contributed by atoms with Crippen LogP contribution in [0.1, 0.15) is 30.4 Å². The Kier molecular flexibility index (Phi) is 5.28. The van der Waals surface area contributed by atoms with E-state index >= 15 is 0 Å². The Bertz CT molecular complexity index is 1100. The standard InChI is InChI=1S/C22H19BrN4O2/c1-2-11-28-16-9-5-14(6-10-16)20-19-18(13-3-7-15(23)8-4-13)17(12-24)21(25)29-22(19)27-26-20/h3-10,18H,2,11,25H2,1H3,(H,26,27). The first-order valence-corrected chi connectivity index (χ1v) is 10.1. The van der Waals surface area contributed by atoms with Crippen molar-refractivity contribution in [2.75, 3.05) is 6.61 Å². The van der Waals surface area contributed by atoms with Gasteiger partial charge in [0, 0.05) is 10.0 Å². The average Bonchev–Trinajstić information content (AvgIpc) is 3.15. The van der Waals surface area contributed by atoms with E-state index in [1.165, 1.54) is 0 Å². The quantitative estimate of drug-likeness (QED) is 0.578. The van der Waals surface area contributed by atoms with E-state index in [1.54, 1.807) is 0 Å². The number of halogens is 1. The fourth-order valence-electron chi connectivity index (χ4n) is 3.39. The summed E-state index contributed by atoms with van der Waals surface area (Å²) in [6.45, 7) is 2.74. The van der Waals surface area contributed by atoms with E-state index < -0.39 is 0 Å². The predicted octanol–water partition coefficient (Wildman–Crippen LogP) is 4.85. The van der Waals surface area contributed by atoms with Gasteiger partial charge in [-0.3, -0.25) is 5.10 Å². The van der Waals surface area contributed by atoms with E-state index in [-0.39, 0.29) is 11.8 Å². The van der Waals surface area contributed by atoms with Gasteiger partial charge < -0.3 is 15.2 Å². The van der Waals surface area contributed by atoms with E-state index in [0.29, 0.717) is 18.1 Å². The largest absolute Gasteiger partial charge is 0.494 e. The van der Waals surface area contributed by atoms with E-state index in [4.69, 9.17) is 15.2 Å². The van der Waals surface area contributed by atoms with Crippen LogP contribution in [0.3, 0.4) is 0 Å². The minimum absolute atomic E-state index is 0.0780. The average molecular weight is 451 g/mol. The van der Waals surface area contributed by atoms with E-state index in [1.807, 2.05) is 48.5 Å². The third kappa shape index (κ3) is 3.59. The van der Waals surface area contributed by atoms with Crippen LogP contribution in [0.5, 0.6) is 11.6 Å². The van der Waals surface area contributed by atoms with Crippen molar-refractivity contribution in [1.29, 1.82) is 5.26 Å². The number of rotatable bonds is 5. The Hall–Kier alpha value is -3.24. The highest BCUT2D eigenvalue weighted by Gasteiger charge is 2.35. The summed E-state index contributed by atoms with van der Waals surface area (Å²) in [6, 6.07) is 17.8. The number of ether oxygens (including phenoxy) is 2. The van der Waals surface area contributed by atoms with Crippen molar-refractivity contribution >= 4 is 15.9 Å². The summed E-state index contributed by atoms with van der Waals surface area (Å²) in [5, 5.41) is 17.1. The molecule has 1 aromatic heterocycles. The summed E-state index contributed by atoms with van der Waals surface area (Å²) in [6.07, 6.45) is 0.951. The number of aromatic amines is 1. The second-order valence-electron chi connectivity index (χ2n) is 6.67. The molecule has 0 fully saturated rings. The van der Waals surface area contributed by atoms with Crippen LogP contribution in [0.15, 0.2) is 64.5 Å². The first-order chi connectivity index (χ1) is 14.1. The summed E-state index contributed by atoms with van der Waals surface area (Å²) in [4.78, 5) is 0. The lowest BCUT2D eigenvalue weighted by Crippen LogP contribution is -2.20. The van der Waals surface area contributed by atoms with Crippen molar-refractivity contribution in [2.24, 2.45) is 5.73 Å². The molecule has 29 heavy (non-hydrogen) atoms. The topological polar surface area (TPSA) is 97.0 Å².